The van der Waals surface area contributed by atoms with Gasteiger partial charge in [-0.2, -0.15) is 0 Å². The van der Waals surface area contributed by atoms with Gasteiger partial charge in [0.05, 0.1) is 19.3 Å². The van der Waals surface area contributed by atoms with E-state index < -0.39 is 0 Å². The van der Waals surface area contributed by atoms with E-state index in [4.69, 9.17) is 14.1 Å². The van der Waals surface area contributed by atoms with Crippen molar-refractivity contribution in [1.29, 1.82) is 0 Å². The summed E-state index contributed by atoms with van der Waals surface area (Å²) in [4.78, 5) is 21.5. The Morgan fingerprint density at radius 1 is 1.06 bits per heavy atom. The molecular weight excluding hydrogens is 390 g/mol. The van der Waals surface area contributed by atoms with Crippen molar-refractivity contribution in [1.82, 2.24) is 14.8 Å². The molecule has 31 heavy (non-hydrogen) atoms. The fourth-order valence-corrected chi connectivity index (χ4v) is 4.01. The maximum Gasteiger partial charge on any atom is 0.237 e. The van der Waals surface area contributed by atoms with Crippen molar-refractivity contribution in [3.8, 4) is 17.2 Å². The second kappa shape index (κ2) is 8.94. The van der Waals surface area contributed by atoms with Gasteiger partial charge in [-0.1, -0.05) is 29.8 Å². The number of benzene rings is 2. The average molecular weight is 420 g/mol. The Morgan fingerprint density at radius 3 is 2.61 bits per heavy atom. The van der Waals surface area contributed by atoms with Crippen molar-refractivity contribution >= 4 is 5.91 Å². The van der Waals surface area contributed by atoms with Gasteiger partial charge in [-0.3, -0.25) is 9.69 Å². The van der Waals surface area contributed by atoms with Crippen LogP contribution in [0.2, 0.25) is 0 Å². The average Bonchev–Trinajstić information content (AvgIpc) is 3.10. The number of oxazole rings is 1. The maximum atomic E-state index is 12.7. The van der Waals surface area contributed by atoms with Crippen LogP contribution in [-0.4, -0.2) is 47.4 Å². The molecule has 1 amide bonds. The first-order valence-corrected chi connectivity index (χ1v) is 10.6. The van der Waals surface area contributed by atoms with Crippen LogP contribution in [0, 0.1) is 20.8 Å². The first kappa shape index (κ1) is 21.1. The third-order valence-electron chi connectivity index (χ3n) is 5.76. The van der Waals surface area contributed by atoms with Gasteiger partial charge in [-0.05, 0) is 50.1 Å². The van der Waals surface area contributed by atoms with Crippen molar-refractivity contribution in [2.24, 2.45) is 0 Å². The maximum absolute atomic E-state index is 12.7. The van der Waals surface area contributed by atoms with E-state index in [0.29, 0.717) is 32.1 Å². The van der Waals surface area contributed by atoms with Crippen LogP contribution in [0.25, 0.3) is 11.5 Å². The molecule has 1 aliphatic heterocycles. The predicted molar refractivity (Wildman–Crippen MR) is 120 cm³/mol. The summed E-state index contributed by atoms with van der Waals surface area (Å²) in [6, 6.07) is 14.2. The molecule has 2 aromatic carbocycles. The number of hydrogen-bond donors (Lipinski definition) is 0. The molecule has 3 aromatic rings. The highest BCUT2D eigenvalue weighted by molar-refractivity contribution is 5.79. The summed E-state index contributed by atoms with van der Waals surface area (Å²) in [6.45, 7) is 9.21. The molecule has 0 saturated carbocycles. The van der Waals surface area contributed by atoms with E-state index in [-0.39, 0.29) is 5.91 Å². The van der Waals surface area contributed by atoms with E-state index in [1.807, 2.05) is 43.0 Å². The van der Waals surface area contributed by atoms with Crippen LogP contribution in [0.4, 0.5) is 0 Å². The van der Waals surface area contributed by atoms with Gasteiger partial charge in [0.15, 0.2) is 0 Å². The highest BCUT2D eigenvalue weighted by Gasteiger charge is 2.25. The molecule has 1 saturated heterocycles. The normalized spacial score (nSPS) is 14.8. The molecule has 0 N–H and O–H groups in total. The van der Waals surface area contributed by atoms with Gasteiger partial charge in [0.25, 0.3) is 0 Å². The van der Waals surface area contributed by atoms with Crippen LogP contribution in [0.5, 0.6) is 5.75 Å². The lowest BCUT2D eigenvalue weighted by atomic mass is 10.1. The van der Waals surface area contributed by atoms with Crippen LogP contribution in [-0.2, 0) is 17.9 Å². The number of aromatic nitrogens is 1. The second-order valence-corrected chi connectivity index (χ2v) is 8.22. The van der Waals surface area contributed by atoms with Gasteiger partial charge in [0.1, 0.15) is 11.5 Å². The molecule has 1 aromatic heterocycles. The summed E-state index contributed by atoms with van der Waals surface area (Å²) in [5.41, 5.74) is 5.23. The Balaban J connectivity index is 1.40. The largest absolute Gasteiger partial charge is 0.496 e. The lowest BCUT2D eigenvalue weighted by molar-refractivity contribution is -0.136. The molecule has 1 fully saturated rings. The third kappa shape index (κ3) is 4.80. The van der Waals surface area contributed by atoms with Gasteiger partial charge in [0, 0.05) is 31.7 Å². The van der Waals surface area contributed by atoms with Crippen molar-refractivity contribution in [3.05, 3.63) is 70.6 Å². The van der Waals surface area contributed by atoms with E-state index in [2.05, 4.69) is 30.0 Å². The summed E-state index contributed by atoms with van der Waals surface area (Å²) in [5, 5.41) is 0. The van der Waals surface area contributed by atoms with Crippen LogP contribution in [0.15, 0.2) is 46.9 Å². The van der Waals surface area contributed by atoms with Crippen molar-refractivity contribution < 1.29 is 13.9 Å². The minimum absolute atomic E-state index is 0.153. The van der Waals surface area contributed by atoms with Crippen LogP contribution >= 0.6 is 0 Å². The molecule has 6 heteroatoms. The monoisotopic (exact) mass is 419 g/mol. The van der Waals surface area contributed by atoms with Crippen LogP contribution < -0.4 is 4.74 Å². The first-order chi connectivity index (χ1) is 14.9. The van der Waals surface area contributed by atoms with E-state index in [1.165, 1.54) is 11.1 Å². The number of piperazine rings is 1. The van der Waals surface area contributed by atoms with Gasteiger partial charge >= 0.3 is 0 Å². The first-order valence-electron chi connectivity index (χ1n) is 10.6. The number of methoxy groups -OCH3 is 1. The van der Waals surface area contributed by atoms with Crippen LogP contribution in [0.1, 0.15) is 28.1 Å². The number of amides is 1. The molecule has 0 spiro atoms. The molecule has 162 valence electrons. The molecule has 0 atom stereocenters. The van der Waals surface area contributed by atoms with Gasteiger partial charge in [-0.15, -0.1) is 0 Å². The fraction of sp³-hybridized carbons (Fsp3) is 0.360. The van der Waals surface area contributed by atoms with Gasteiger partial charge < -0.3 is 14.1 Å². The minimum Gasteiger partial charge on any atom is -0.496 e. The van der Waals surface area contributed by atoms with Crippen molar-refractivity contribution in [3.63, 3.8) is 0 Å². The van der Waals surface area contributed by atoms with E-state index in [0.717, 1.165) is 34.9 Å². The van der Waals surface area contributed by atoms with E-state index in [1.54, 1.807) is 7.11 Å². The molecule has 0 aliphatic carbocycles. The zero-order valence-corrected chi connectivity index (χ0v) is 18.6. The molecule has 6 nitrogen and oxygen atoms in total. The Kier molecular flexibility index (Phi) is 6.09. The summed E-state index contributed by atoms with van der Waals surface area (Å²) in [7, 11) is 1.66. The number of nitrogens with zero attached hydrogens (tertiary/aromatic N) is 3. The zero-order chi connectivity index (χ0) is 22.0. The molecular formula is C25H29N3O3. The molecule has 0 bridgehead atoms. The van der Waals surface area contributed by atoms with Crippen LogP contribution in [0.3, 0.4) is 0 Å². The summed E-state index contributed by atoms with van der Waals surface area (Å²) in [5.74, 6) is 2.38. The Labute approximate surface area is 183 Å². The highest BCUT2D eigenvalue weighted by atomic mass is 16.5. The summed E-state index contributed by atoms with van der Waals surface area (Å²) >= 11 is 0. The van der Waals surface area contributed by atoms with Crippen molar-refractivity contribution in [2.45, 2.75) is 33.9 Å². The lowest BCUT2D eigenvalue weighted by Gasteiger charge is -2.34. The van der Waals surface area contributed by atoms with Gasteiger partial charge in [-0.25, -0.2) is 4.98 Å². The topological polar surface area (TPSA) is 58.8 Å². The van der Waals surface area contributed by atoms with Gasteiger partial charge in [0.2, 0.25) is 11.8 Å². The number of rotatable bonds is 6. The Hall–Kier alpha value is -3.12. The highest BCUT2D eigenvalue weighted by Crippen LogP contribution is 2.27. The smallest absolute Gasteiger partial charge is 0.237 e. The molecule has 4 rings (SSSR count). The number of ether oxygens (including phenoxy) is 1. The zero-order valence-electron chi connectivity index (χ0n) is 18.6. The molecule has 1 aliphatic rings. The standard InChI is InChI=1S/C25H29N3O3/c1-17-6-5-7-20(12-17)14-28-11-10-27(16-24(28)29)15-22-19(3)31-25(26-22)21-8-9-23(30-4)18(2)13-21/h5-9,12-13H,10-11,14-16H2,1-4H3. The molecule has 0 unspecified atom stereocenters. The minimum atomic E-state index is 0.153. The fourth-order valence-electron chi connectivity index (χ4n) is 4.01. The predicted octanol–water partition coefficient (Wildman–Crippen LogP) is 4.12. The summed E-state index contributed by atoms with van der Waals surface area (Å²) < 4.78 is 11.3. The number of hydrogen-bond acceptors (Lipinski definition) is 5. The summed E-state index contributed by atoms with van der Waals surface area (Å²) in [6.07, 6.45) is 0. The second-order valence-electron chi connectivity index (χ2n) is 8.22. The SMILES string of the molecule is COc1ccc(-c2nc(CN3CCN(Cc4cccc(C)c4)C(=O)C3)c(C)o2)cc1C. The van der Waals surface area contributed by atoms with E-state index >= 15 is 0 Å². The number of carbonyl (C=O) groups is 1. The molecule has 2 heterocycles. The Bertz CT molecular complexity index is 1090. The third-order valence-corrected chi connectivity index (χ3v) is 5.76. The quantitative estimate of drug-likeness (QED) is 0.602. The van der Waals surface area contributed by atoms with Crippen molar-refractivity contribution in [2.75, 3.05) is 26.7 Å². The van der Waals surface area contributed by atoms with E-state index in [9.17, 15) is 4.79 Å². The lowest BCUT2D eigenvalue weighted by Crippen LogP contribution is -2.49. The number of carbonyl (C=O) groups excluding carboxylic acids is 1. The molecule has 0 radical (unpaired) electrons. The number of aryl methyl sites for hydroxylation is 3. The Morgan fingerprint density at radius 2 is 1.90 bits per heavy atom.